The van der Waals surface area contributed by atoms with Crippen molar-refractivity contribution in [3.8, 4) is 39.1 Å². The zero-order valence-electron chi connectivity index (χ0n) is 24.7. The predicted molar refractivity (Wildman–Crippen MR) is 192 cm³/mol. The lowest BCUT2D eigenvalue weighted by Crippen LogP contribution is -2.04. The number of hydrogen-bond donors (Lipinski definition) is 0. The van der Waals surface area contributed by atoms with Gasteiger partial charge in [-0.1, -0.05) is 127 Å². The highest BCUT2D eigenvalue weighted by Gasteiger charge is 2.28. The number of aliphatic imine (C=N–C) groups is 2. The topological polar surface area (TPSA) is 34.0 Å². The summed E-state index contributed by atoms with van der Waals surface area (Å²) in [6.45, 7) is 3.85. The van der Waals surface area contributed by atoms with E-state index in [9.17, 15) is 0 Å². The van der Waals surface area contributed by atoms with Crippen LogP contribution in [0, 0.1) is 0 Å². The van der Waals surface area contributed by atoms with Crippen LogP contribution in [0.25, 0.3) is 59.3 Å². The van der Waals surface area contributed by atoms with Crippen molar-refractivity contribution >= 4 is 49.6 Å². The number of rotatable bonds is 5. The third-order valence-corrected chi connectivity index (χ3v) is 9.75. The number of thiophene rings is 1. The molecule has 45 heavy (non-hydrogen) atoms. The summed E-state index contributed by atoms with van der Waals surface area (Å²) < 4.78 is 8.83. The van der Waals surface area contributed by atoms with Gasteiger partial charge in [-0.25, -0.2) is 0 Å². The van der Waals surface area contributed by atoms with E-state index in [2.05, 4.69) is 132 Å². The Kier molecular flexibility index (Phi) is 6.70. The molecular weight excluding hydrogens is 569 g/mol. The van der Waals surface area contributed by atoms with Crippen LogP contribution in [0.15, 0.2) is 155 Å². The van der Waals surface area contributed by atoms with E-state index in [1.807, 2.05) is 35.6 Å². The summed E-state index contributed by atoms with van der Waals surface area (Å²) in [5.41, 5.74) is 10.7. The van der Waals surface area contributed by atoms with E-state index in [0.717, 1.165) is 33.7 Å². The van der Waals surface area contributed by atoms with Crippen molar-refractivity contribution in [2.75, 3.05) is 7.05 Å². The molecule has 4 heteroatoms. The van der Waals surface area contributed by atoms with Gasteiger partial charge >= 0.3 is 0 Å². The molecule has 1 aliphatic rings. The molecule has 1 aliphatic heterocycles. The van der Waals surface area contributed by atoms with Crippen LogP contribution in [-0.2, 0) is 0 Å². The monoisotopic (exact) mass is 596 g/mol. The molecule has 8 rings (SSSR count). The second kappa shape index (κ2) is 11.2. The summed E-state index contributed by atoms with van der Waals surface area (Å²) in [5, 5.41) is 2.61. The number of allylic oxidation sites excluding steroid dienone is 1. The lowest BCUT2D eigenvalue weighted by atomic mass is 9.97. The molecule has 0 spiro atoms. The quantitative estimate of drug-likeness (QED) is 0.182. The molecule has 0 bridgehead atoms. The van der Waals surface area contributed by atoms with Crippen LogP contribution in [0.2, 0.25) is 0 Å². The van der Waals surface area contributed by atoms with Gasteiger partial charge in [0, 0.05) is 38.3 Å². The smallest absolute Gasteiger partial charge is 0.179 e. The molecule has 6 aromatic carbocycles. The second-order valence-corrected chi connectivity index (χ2v) is 12.0. The van der Waals surface area contributed by atoms with Gasteiger partial charge in [-0.05, 0) is 52.2 Å². The summed E-state index contributed by atoms with van der Waals surface area (Å²) >= 11 is 1.88. The number of hydrogen-bond acceptors (Lipinski definition) is 4. The first-order chi connectivity index (χ1) is 22.2. The van der Waals surface area contributed by atoms with Crippen molar-refractivity contribution in [3.63, 3.8) is 0 Å². The standard InChI is InChI=1S/C41H28N2OS/c1-42-37(39-38(43-2)35-12-6-7-17-36(35)44-39)30-24-20-27(21-25-30)26-18-22-29(23-19-26)32-14-9-16-34-33-15-8-13-31(40(33)45-41(32)34)28-10-4-3-5-11-28/h3-25H,1H2,2H3/b39-37+,43-38-. The molecule has 3 nitrogen and oxygen atoms in total. The van der Waals surface area contributed by atoms with Gasteiger partial charge in [-0.3, -0.25) is 9.98 Å². The van der Waals surface area contributed by atoms with Gasteiger partial charge in [0.1, 0.15) is 17.2 Å². The van der Waals surface area contributed by atoms with Crippen LogP contribution in [0.4, 0.5) is 0 Å². The number of fused-ring (bicyclic) bond motifs is 4. The van der Waals surface area contributed by atoms with Gasteiger partial charge in [0.15, 0.2) is 5.76 Å². The fraction of sp³-hybridized carbons (Fsp3) is 0.0244. The highest BCUT2D eigenvalue weighted by molar-refractivity contribution is 7.26. The van der Waals surface area contributed by atoms with Gasteiger partial charge < -0.3 is 4.74 Å². The van der Waals surface area contributed by atoms with Crippen molar-refractivity contribution in [1.82, 2.24) is 0 Å². The first-order valence-corrected chi connectivity index (χ1v) is 15.7. The molecule has 2 heterocycles. The highest BCUT2D eigenvalue weighted by atomic mass is 32.1. The molecule has 0 amide bonds. The van der Waals surface area contributed by atoms with Crippen molar-refractivity contribution in [1.29, 1.82) is 0 Å². The average Bonchev–Trinajstić information content (AvgIpc) is 3.68. The Morgan fingerprint density at radius 3 is 1.71 bits per heavy atom. The Morgan fingerprint density at radius 1 is 0.556 bits per heavy atom. The van der Waals surface area contributed by atoms with E-state index in [0.29, 0.717) is 11.5 Å². The van der Waals surface area contributed by atoms with Crippen molar-refractivity contribution in [2.24, 2.45) is 9.98 Å². The van der Waals surface area contributed by atoms with E-state index in [1.165, 1.54) is 42.4 Å². The molecule has 0 radical (unpaired) electrons. The number of benzene rings is 6. The molecule has 0 atom stereocenters. The van der Waals surface area contributed by atoms with Crippen LogP contribution in [-0.4, -0.2) is 19.5 Å². The highest BCUT2D eigenvalue weighted by Crippen LogP contribution is 2.44. The lowest BCUT2D eigenvalue weighted by molar-refractivity contribution is 0.470. The SMILES string of the molecule is C=N/C(=C1/Oc2ccccc2/C1=N/C)c1ccc(-c2ccc(-c3cccc4c3sc3c(-c5ccccc5)cccc34)cc2)cc1. The van der Waals surface area contributed by atoms with E-state index in [1.54, 1.807) is 7.05 Å². The van der Waals surface area contributed by atoms with Crippen LogP contribution in [0.3, 0.4) is 0 Å². The minimum absolute atomic E-state index is 0.636. The van der Waals surface area contributed by atoms with E-state index in [4.69, 9.17) is 4.74 Å². The van der Waals surface area contributed by atoms with Gasteiger partial charge in [0.25, 0.3) is 0 Å². The maximum absolute atomic E-state index is 6.18. The second-order valence-electron chi connectivity index (χ2n) is 11.0. The van der Waals surface area contributed by atoms with Crippen molar-refractivity contribution in [3.05, 3.63) is 156 Å². The number of nitrogens with zero attached hydrogens (tertiary/aromatic N) is 2. The van der Waals surface area contributed by atoms with Gasteiger partial charge in [0.2, 0.25) is 0 Å². The third-order valence-electron chi connectivity index (χ3n) is 8.46. The van der Waals surface area contributed by atoms with Crippen LogP contribution in [0.1, 0.15) is 11.1 Å². The molecule has 0 saturated carbocycles. The van der Waals surface area contributed by atoms with Gasteiger partial charge in [-0.2, -0.15) is 0 Å². The number of ether oxygens (including phenoxy) is 1. The molecule has 0 saturated heterocycles. The molecule has 0 unspecified atom stereocenters. The summed E-state index contributed by atoms with van der Waals surface area (Å²) in [4.78, 5) is 8.86. The Bertz CT molecular complexity index is 2290. The summed E-state index contributed by atoms with van der Waals surface area (Å²) in [6, 6.07) is 49.1. The summed E-state index contributed by atoms with van der Waals surface area (Å²) in [7, 11) is 1.78. The average molecular weight is 597 g/mol. The zero-order chi connectivity index (χ0) is 30.3. The Balaban J connectivity index is 1.12. The van der Waals surface area contributed by atoms with Crippen LogP contribution < -0.4 is 4.74 Å². The van der Waals surface area contributed by atoms with E-state index < -0.39 is 0 Å². The normalized spacial score (nSPS) is 14.5. The first kappa shape index (κ1) is 27.0. The van der Waals surface area contributed by atoms with Crippen LogP contribution >= 0.6 is 11.3 Å². The van der Waals surface area contributed by atoms with Gasteiger partial charge in [0.05, 0.1) is 0 Å². The van der Waals surface area contributed by atoms with Crippen molar-refractivity contribution in [2.45, 2.75) is 0 Å². The van der Waals surface area contributed by atoms with Crippen molar-refractivity contribution < 1.29 is 4.74 Å². The third kappa shape index (κ3) is 4.59. The molecule has 0 fully saturated rings. The molecule has 0 N–H and O–H groups in total. The molecule has 7 aromatic rings. The largest absolute Gasteiger partial charge is 0.452 e. The lowest BCUT2D eigenvalue weighted by Gasteiger charge is -2.09. The summed E-state index contributed by atoms with van der Waals surface area (Å²) in [5.74, 6) is 1.42. The van der Waals surface area contributed by atoms with Gasteiger partial charge in [-0.15, -0.1) is 11.3 Å². The fourth-order valence-corrected chi connectivity index (χ4v) is 7.64. The Morgan fingerprint density at radius 2 is 1.09 bits per heavy atom. The van der Waals surface area contributed by atoms with Crippen LogP contribution in [0.5, 0.6) is 5.75 Å². The predicted octanol–water partition coefficient (Wildman–Crippen LogP) is 10.9. The van der Waals surface area contributed by atoms with E-state index >= 15 is 0 Å². The maximum Gasteiger partial charge on any atom is 0.179 e. The molecule has 1 aromatic heterocycles. The first-order valence-electron chi connectivity index (χ1n) is 14.9. The summed E-state index contributed by atoms with van der Waals surface area (Å²) in [6.07, 6.45) is 0. The molecule has 0 aliphatic carbocycles. The van der Waals surface area contributed by atoms with E-state index in [-0.39, 0.29) is 0 Å². The zero-order valence-corrected chi connectivity index (χ0v) is 25.5. The minimum atomic E-state index is 0.636. The maximum atomic E-state index is 6.18. The Hall–Kier alpha value is -5.58. The fourth-order valence-electron chi connectivity index (χ4n) is 6.26. The minimum Gasteiger partial charge on any atom is -0.452 e. The molecular formula is C41H28N2OS. The Labute approximate surface area is 266 Å². The number of para-hydroxylation sites is 1. The molecule has 214 valence electrons.